The second-order valence-corrected chi connectivity index (χ2v) is 8.56. The van der Waals surface area contributed by atoms with Gasteiger partial charge in [0.15, 0.2) is 5.82 Å². The van der Waals surface area contributed by atoms with Crippen molar-refractivity contribution in [2.45, 2.75) is 43.8 Å². The molecule has 5 heterocycles. The van der Waals surface area contributed by atoms with Gasteiger partial charge < -0.3 is 15.2 Å². The van der Waals surface area contributed by atoms with Crippen molar-refractivity contribution in [2.24, 2.45) is 0 Å². The molecule has 1 aromatic carbocycles. The number of benzene rings is 1. The van der Waals surface area contributed by atoms with E-state index in [0.29, 0.717) is 18.1 Å². The Labute approximate surface area is 174 Å². The summed E-state index contributed by atoms with van der Waals surface area (Å²) in [6, 6.07) is 12.4. The van der Waals surface area contributed by atoms with Crippen molar-refractivity contribution < 1.29 is 0 Å². The normalized spacial score (nSPS) is 23.2. The van der Waals surface area contributed by atoms with Crippen LogP contribution in [0.3, 0.4) is 0 Å². The second kappa shape index (κ2) is 6.95. The quantitative estimate of drug-likeness (QED) is 0.487. The SMILES string of the molecule is CN(c1ccc(-c2ccc(-c3cn[nH]c3)c3cc[nH]c23)nn1)C1CC2CCC(C1)N2. The lowest BCUT2D eigenvalue weighted by molar-refractivity contribution is 0.353. The molecular weight excluding hydrogens is 374 g/mol. The van der Waals surface area contributed by atoms with E-state index >= 15 is 0 Å². The van der Waals surface area contributed by atoms with Crippen LogP contribution in [0.1, 0.15) is 25.7 Å². The van der Waals surface area contributed by atoms with Gasteiger partial charge in [0.25, 0.3) is 0 Å². The summed E-state index contributed by atoms with van der Waals surface area (Å²) in [5.41, 5.74) is 5.23. The fourth-order valence-corrected chi connectivity index (χ4v) is 5.21. The average molecular weight is 400 g/mol. The minimum absolute atomic E-state index is 0.535. The van der Waals surface area contributed by atoms with Crippen molar-refractivity contribution in [3.63, 3.8) is 0 Å². The number of rotatable bonds is 4. The van der Waals surface area contributed by atoms with Gasteiger partial charge in [-0.1, -0.05) is 6.07 Å². The van der Waals surface area contributed by atoms with Gasteiger partial charge in [0, 0.05) is 54.1 Å². The van der Waals surface area contributed by atoms with Gasteiger partial charge in [-0.25, -0.2) is 0 Å². The molecule has 0 radical (unpaired) electrons. The van der Waals surface area contributed by atoms with E-state index < -0.39 is 0 Å². The summed E-state index contributed by atoms with van der Waals surface area (Å²) >= 11 is 0. The largest absolute Gasteiger partial charge is 0.361 e. The zero-order valence-corrected chi connectivity index (χ0v) is 17.0. The summed E-state index contributed by atoms with van der Waals surface area (Å²) < 4.78 is 0. The Balaban J connectivity index is 1.30. The summed E-state index contributed by atoms with van der Waals surface area (Å²) in [6.07, 6.45) is 10.7. The monoisotopic (exact) mass is 399 g/mol. The van der Waals surface area contributed by atoms with Gasteiger partial charge in [-0.3, -0.25) is 5.10 Å². The summed E-state index contributed by atoms with van der Waals surface area (Å²) in [7, 11) is 2.15. The van der Waals surface area contributed by atoms with Crippen LogP contribution in [0.2, 0.25) is 0 Å². The molecule has 0 aliphatic carbocycles. The van der Waals surface area contributed by atoms with Crippen molar-refractivity contribution in [3.05, 3.63) is 48.9 Å². The number of nitrogens with zero attached hydrogens (tertiary/aromatic N) is 4. The van der Waals surface area contributed by atoms with Gasteiger partial charge in [-0.15, -0.1) is 10.2 Å². The van der Waals surface area contributed by atoms with E-state index in [-0.39, 0.29) is 0 Å². The van der Waals surface area contributed by atoms with E-state index in [0.717, 1.165) is 39.1 Å². The van der Waals surface area contributed by atoms with Gasteiger partial charge in [-0.05, 0) is 55.5 Å². The Kier molecular flexibility index (Phi) is 4.09. The first-order valence-electron chi connectivity index (χ1n) is 10.7. The first-order chi connectivity index (χ1) is 14.8. The molecule has 7 nitrogen and oxygen atoms in total. The van der Waals surface area contributed by atoms with Crippen LogP contribution in [-0.2, 0) is 0 Å². The van der Waals surface area contributed by atoms with Crippen molar-refractivity contribution >= 4 is 16.7 Å². The molecule has 152 valence electrons. The molecule has 2 aliphatic heterocycles. The number of hydrogen-bond acceptors (Lipinski definition) is 5. The third-order valence-electron chi connectivity index (χ3n) is 6.82. The van der Waals surface area contributed by atoms with Crippen LogP contribution in [0.15, 0.2) is 48.9 Å². The molecule has 2 atom stereocenters. The molecule has 4 aromatic rings. The minimum Gasteiger partial charge on any atom is -0.361 e. The van der Waals surface area contributed by atoms with Crippen LogP contribution in [0.25, 0.3) is 33.3 Å². The van der Waals surface area contributed by atoms with Gasteiger partial charge in [-0.2, -0.15) is 5.10 Å². The first-order valence-corrected chi connectivity index (χ1v) is 10.7. The molecule has 2 saturated heterocycles. The van der Waals surface area contributed by atoms with Crippen molar-refractivity contribution in [2.75, 3.05) is 11.9 Å². The number of piperidine rings is 1. The molecule has 2 aliphatic rings. The molecule has 7 heteroatoms. The summed E-state index contributed by atoms with van der Waals surface area (Å²) in [5.74, 6) is 0.947. The van der Waals surface area contributed by atoms with Crippen LogP contribution in [0, 0.1) is 0 Å². The maximum atomic E-state index is 4.59. The zero-order chi connectivity index (χ0) is 20.1. The highest BCUT2D eigenvalue weighted by molar-refractivity contribution is 6.02. The lowest BCUT2D eigenvalue weighted by Gasteiger charge is -2.36. The van der Waals surface area contributed by atoms with Gasteiger partial charge in [0.2, 0.25) is 0 Å². The van der Waals surface area contributed by atoms with Crippen LogP contribution in [0.5, 0.6) is 0 Å². The second-order valence-electron chi connectivity index (χ2n) is 8.56. The van der Waals surface area contributed by atoms with Crippen molar-refractivity contribution in [3.8, 4) is 22.4 Å². The number of aromatic amines is 2. The summed E-state index contributed by atoms with van der Waals surface area (Å²) in [6.45, 7) is 0. The highest BCUT2D eigenvalue weighted by atomic mass is 15.3. The fourth-order valence-electron chi connectivity index (χ4n) is 5.21. The van der Waals surface area contributed by atoms with E-state index in [9.17, 15) is 0 Å². The highest BCUT2D eigenvalue weighted by Gasteiger charge is 2.35. The molecule has 0 spiro atoms. The van der Waals surface area contributed by atoms with E-state index in [1.54, 1.807) is 0 Å². The molecule has 2 bridgehead atoms. The summed E-state index contributed by atoms with van der Waals surface area (Å²) in [5, 5.41) is 21.0. The maximum absolute atomic E-state index is 4.59. The number of H-pyrrole nitrogens is 2. The third kappa shape index (κ3) is 2.89. The molecule has 3 N–H and O–H groups in total. The fraction of sp³-hybridized carbons (Fsp3) is 0.348. The number of fused-ring (bicyclic) bond motifs is 3. The van der Waals surface area contributed by atoms with Crippen molar-refractivity contribution in [1.82, 2.24) is 30.7 Å². The standard InChI is InChI=1S/C23H25N7/c1-30(17-10-15-2-3-16(11-17)27-15)22-7-6-21(28-29-22)20-5-4-18(14-12-25-26-13-14)19-8-9-24-23(19)20/h4-9,12-13,15-17,24,27H,2-3,10-11H2,1H3,(H,25,26). The molecule has 3 aromatic heterocycles. The maximum Gasteiger partial charge on any atom is 0.151 e. The van der Waals surface area contributed by atoms with Crippen molar-refractivity contribution in [1.29, 1.82) is 0 Å². The van der Waals surface area contributed by atoms with Gasteiger partial charge in [0.05, 0.1) is 17.4 Å². The van der Waals surface area contributed by atoms with Crippen LogP contribution in [-0.4, -0.2) is 50.6 Å². The smallest absolute Gasteiger partial charge is 0.151 e. The topological polar surface area (TPSA) is 85.5 Å². The van der Waals surface area contributed by atoms with Crippen LogP contribution < -0.4 is 10.2 Å². The Morgan fingerprint density at radius 1 is 0.967 bits per heavy atom. The Morgan fingerprint density at radius 2 is 1.80 bits per heavy atom. The molecule has 2 unspecified atom stereocenters. The number of nitrogens with one attached hydrogen (secondary N) is 3. The lowest BCUT2D eigenvalue weighted by Crippen LogP contribution is -2.47. The van der Waals surface area contributed by atoms with E-state index in [1.807, 2.05) is 18.6 Å². The van der Waals surface area contributed by atoms with Crippen LogP contribution in [0.4, 0.5) is 5.82 Å². The summed E-state index contributed by atoms with van der Waals surface area (Å²) in [4.78, 5) is 5.69. The first kappa shape index (κ1) is 17.7. The van der Waals surface area contributed by atoms with Crippen LogP contribution >= 0.6 is 0 Å². The molecule has 6 rings (SSSR count). The predicted octanol–water partition coefficient (Wildman–Crippen LogP) is 3.73. The lowest BCUT2D eigenvalue weighted by atomic mass is 9.98. The molecular formula is C23H25N7. The molecule has 2 fully saturated rings. The van der Waals surface area contributed by atoms with E-state index in [4.69, 9.17) is 0 Å². The molecule has 0 amide bonds. The number of hydrogen-bond donors (Lipinski definition) is 3. The zero-order valence-electron chi connectivity index (χ0n) is 17.0. The van der Waals surface area contributed by atoms with E-state index in [1.165, 1.54) is 25.7 Å². The molecule has 30 heavy (non-hydrogen) atoms. The third-order valence-corrected chi connectivity index (χ3v) is 6.82. The Morgan fingerprint density at radius 3 is 2.53 bits per heavy atom. The highest BCUT2D eigenvalue weighted by Crippen LogP contribution is 2.35. The average Bonchev–Trinajstić information content (AvgIpc) is 3.54. The minimum atomic E-state index is 0.535. The number of aromatic nitrogens is 5. The Hall–Kier alpha value is -3.19. The molecule has 0 saturated carbocycles. The Bertz CT molecular complexity index is 1150. The predicted molar refractivity (Wildman–Crippen MR) is 118 cm³/mol. The van der Waals surface area contributed by atoms with Gasteiger partial charge in [0.1, 0.15) is 0 Å². The van der Waals surface area contributed by atoms with Gasteiger partial charge >= 0.3 is 0 Å². The van der Waals surface area contributed by atoms with E-state index in [2.05, 4.69) is 73.0 Å². The number of anilines is 1.